The Labute approximate surface area is 138 Å². The van der Waals surface area contributed by atoms with Crippen LogP contribution < -0.4 is 0 Å². The van der Waals surface area contributed by atoms with E-state index < -0.39 is 0 Å². The average molecular weight is 313 g/mol. The van der Waals surface area contributed by atoms with Gasteiger partial charge in [-0.2, -0.15) is 5.10 Å². The lowest BCUT2D eigenvalue weighted by atomic mass is 9.90. The summed E-state index contributed by atoms with van der Waals surface area (Å²) in [6, 6.07) is 2.18. The van der Waals surface area contributed by atoms with E-state index in [2.05, 4.69) is 36.2 Å². The first-order valence-corrected chi connectivity index (χ1v) is 8.82. The smallest absolute Gasteiger partial charge is 0.0890 e. The molecular weight excluding hydrogens is 286 g/mol. The van der Waals surface area contributed by atoms with Gasteiger partial charge in [0.1, 0.15) is 0 Å². The molecule has 0 saturated heterocycles. The van der Waals surface area contributed by atoms with Crippen molar-refractivity contribution < 1.29 is 4.74 Å². The molecule has 4 nitrogen and oxygen atoms in total. The normalized spacial score (nSPS) is 15.9. The first-order chi connectivity index (χ1) is 11.3. The van der Waals surface area contributed by atoms with Crippen molar-refractivity contribution in [2.75, 3.05) is 6.61 Å². The van der Waals surface area contributed by atoms with Gasteiger partial charge in [-0.3, -0.25) is 9.67 Å². The van der Waals surface area contributed by atoms with E-state index in [4.69, 9.17) is 4.74 Å². The van der Waals surface area contributed by atoms with Crippen LogP contribution in [0.1, 0.15) is 50.3 Å². The van der Waals surface area contributed by atoms with Gasteiger partial charge in [-0.05, 0) is 44.2 Å². The fourth-order valence-corrected chi connectivity index (χ4v) is 3.27. The van der Waals surface area contributed by atoms with Crippen LogP contribution in [0.2, 0.25) is 0 Å². The Bertz CT molecular complexity index is 629. The van der Waals surface area contributed by atoms with E-state index in [1.165, 1.54) is 37.7 Å². The molecule has 3 rings (SSSR count). The molecule has 1 aliphatic carbocycles. The third-order valence-corrected chi connectivity index (χ3v) is 4.79. The van der Waals surface area contributed by atoms with Crippen molar-refractivity contribution in [3.8, 4) is 11.1 Å². The molecule has 0 aromatic carbocycles. The summed E-state index contributed by atoms with van der Waals surface area (Å²) in [6.07, 6.45) is 12.7. The molecule has 1 aliphatic rings. The molecule has 0 aliphatic heterocycles. The number of aromatic nitrogens is 3. The minimum absolute atomic E-state index is 0.622. The van der Waals surface area contributed by atoms with Crippen molar-refractivity contribution in [3.05, 3.63) is 35.9 Å². The Balaban J connectivity index is 1.58. The van der Waals surface area contributed by atoms with Gasteiger partial charge in [0, 0.05) is 36.7 Å². The van der Waals surface area contributed by atoms with Crippen LogP contribution in [0, 0.1) is 12.8 Å². The predicted octanol–water partition coefficient (Wildman–Crippen LogP) is 4.37. The van der Waals surface area contributed by atoms with Crippen molar-refractivity contribution in [1.82, 2.24) is 14.8 Å². The van der Waals surface area contributed by atoms with E-state index in [-0.39, 0.29) is 0 Å². The van der Waals surface area contributed by atoms with E-state index in [9.17, 15) is 0 Å². The fourth-order valence-electron chi connectivity index (χ4n) is 3.27. The average Bonchev–Trinajstić information content (AvgIpc) is 3.06. The maximum absolute atomic E-state index is 5.93. The summed E-state index contributed by atoms with van der Waals surface area (Å²) in [4.78, 5) is 4.61. The molecule has 1 saturated carbocycles. The molecule has 2 heterocycles. The number of nitrogens with zero attached hydrogens (tertiary/aromatic N) is 3. The second-order valence-electron chi connectivity index (χ2n) is 6.59. The third kappa shape index (κ3) is 4.20. The number of pyridine rings is 1. The molecule has 0 unspecified atom stereocenters. The number of aryl methyl sites for hydroxylation is 2. The summed E-state index contributed by atoms with van der Waals surface area (Å²) >= 11 is 0. The highest BCUT2D eigenvalue weighted by molar-refractivity contribution is 5.61. The number of hydrogen-bond acceptors (Lipinski definition) is 3. The van der Waals surface area contributed by atoms with Crippen LogP contribution in [0.25, 0.3) is 11.1 Å². The zero-order valence-corrected chi connectivity index (χ0v) is 14.3. The van der Waals surface area contributed by atoms with E-state index in [1.54, 1.807) is 0 Å². The Morgan fingerprint density at radius 1 is 1.17 bits per heavy atom. The van der Waals surface area contributed by atoms with Crippen molar-refractivity contribution in [3.63, 3.8) is 0 Å². The van der Waals surface area contributed by atoms with Crippen molar-refractivity contribution in [2.24, 2.45) is 5.92 Å². The van der Waals surface area contributed by atoms with Gasteiger partial charge >= 0.3 is 0 Å². The second kappa shape index (κ2) is 7.73. The molecule has 0 atom stereocenters. The first-order valence-electron chi connectivity index (χ1n) is 8.82. The molecular formula is C19H27N3O. The Kier molecular flexibility index (Phi) is 5.44. The van der Waals surface area contributed by atoms with E-state index in [0.717, 1.165) is 35.9 Å². The molecule has 0 spiro atoms. The highest BCUT2D eigenvalue weighted by Gasteiger charge is 2.14. The minimum Gasteiger partial charge on any atom is -0.375 e. The van der Waals surface area contributed by atoms with Crippen LogP contribution in [0.3, 0.4) is 0 Å². The second-order valence-corrected chi connectivity index (χ2v) is 6.59. The highest BCUT2D eigenvalue weighted by atomic mass is 16.5. The summed E-state index contributed by atoms with van der Waals surface area (Å²) in [5.41, 5.74) is 4.48. The lowest BCUT2D eigenvalue weighted by Crippen LogP contribution is -2.13. The summed E-state index contributed by atoms with van der Waals surface area (Å²) in [6.45, 7) is 6.59. The zero-order valence-electron chi connectivity index (χ0n) is 14.3. The van der Waals surface area contributed by atoms with Crippen LogP contribution >= 0.6 is 0 Å². The van der Waals surface area contributed by atoms with Crippen LogP contribution in [0.5, 0.6) is 0 Å². The molecule has 0 bridgehead atoms. The number of rotatable bonds is 6. The highest BCUT2D eigenvalue weighted by Crippen LogP contribution is 2.24. The Morgan fingerprint density at radius 3 is 2.70 bits per heavy atom. The van der Waals surface area contributed by atoms with Crippen molar-refractivity contribution >= 4 is 0 Å². The van der Waals surface area contributed by atoms with Gasteiger partial charge in [-0.1, -0.05) is 19.3 Å². The van der Waals surface area contributed by atoms with Gasteiger partial charge in [0.15, 0.2) is 0 Å². The van der Waals surface area contributed by atoms with E-state index in [1.807, 2.05) is 17.1 Å². The standard InChI is InChI=1S/C19H27N3O/c1-3-22-12-18(11-21-22)17-9-15(2)19(20-10-17)14-23-13-16-7-5-4-6-8-16/h9-12,16H,3-8,13-14H2,1-2H3. The van der Waals surface area contributed by atoms with Gasteiger partial charge in [0.05, 0.1) is 18.5 Å². The monoisotopic (exact) mass is 313 g/mol. The fraction of sp³-hybridized carbons (Fsp3) is 0.579. The van der Waals surface area contributed by atoms with Gasteiger partial charge in [-0.15, -0.1) is 0 Å². The number of hydrogen-bond donors (Lipinski definition) is 0. The molecule has 0 N–H and O–H groups in total. The lowest BCUT2D eigenvalue weighted by Gasteiger charge is -2.21. The topological polar surface area (TPSA) is 39.9 Å². The van der Waals surface area contributed by atoms with Crippen molar-refractivity contribution in [2.45, 2.75) is 59.1 Å². The maximum Gasteiger partial charge on any atom is 0.0890 e. The Morgan fingerprint density at radius 2 is 2.00 bits per heavy atom. The van der Waals surface area contributed by atoms with E-state index >= 15 is 0 Å². The van der Waals surface area contributed by atoms with E-state index in [0.29, 0.717) is 6.61 Å². The number of ether oxygens (including phenoxy) is 1. The molecule has 2 aromatic rings. The maximum atomic E-state index is 5.93. The SMILES string of the molecule is CCn1cc(-c2cnc(COCC3CCCCC3)c(C)c2)cn1. The summed E-state index contributed by atoms with van der Waals surface area (Å²) in [5.74, 6) is 0.753. The predicted molar refractivity (Wildman–Crippen MR) is 92.1 cm³/mol. The summed E-state index contributed by atoms with van der Waals surface area (Å²) in [5, 5.41) is 4.33. The first kappa shape index (κ1) is 16.2. The van der Waals surface area contributed by atoms with Gasteiger partial charge in [-0.25, -0.2) is 0 Å². The van der Waals surface area contributed by atoms with Crippen LogP contribution in [0.15, 0.2) is 24.7 Å². The molecule has 0 radical (unpaired) electrons. The zero-order chi connectivity index (χ0) is 16.1. The molecule has 23 heavy (non-hydrogen) atoms. The van der Waals surface area contributed by atoms with Crippen LogP contribution in [-0.2, 0) is 17.9 Å². The molecule has 0 amide bonds. The Hall–Kier alpha value is -1.68. The minimum atomic E-state index is 0.622. The third-order valence-electron chi connectivity index (χ3n) is 4.79. The van der Waals surface area contributed by atoms with Gasteiger partial charge in [0.25, 0.3) is 0 Å². The van der Waals surface area contributed by atoms with Gasteiger partial charge in [0.2, 0.25) is 0 Å². The van der Waals surface area contributed by atoms with Crippen molar-refractivity contribution in [1.29, 1.82) is 0 Å². The van der Waals surface area contributed by atoms with Crippen LogP contribution in [-0.4, -0.2) is 21.4 Å². The summed E-state index contributed by atoms with van der Waals surface area (Å²) < 4.78 is 7.86. The molecule has 2 aromatic heterocycles. The largest absolute Gasteiger partial charge is 0.375 e. The molecule has 124 valence electrons. The quantitative estimate of drug-likeness (QED) is 0.795. The molecule has 1 fully saturated rings. The van der Waals surface area contributed by atoms with Crippen LogP contribution in [0.4, 0.5) is 0 Å². The van der Waals surface area contributed by atoms with Gasteiger partial charge < -0.3 is 4.74 Å². The summed E-state index contributed by atoms with van der Waals surface area (Å²) in [7, 11) is 0. The molecule has 4 heteroatoms. The lowest BCUT2D eigenvalue weighted by molar-refractivity contribution is 0.0717.